The van der Waals surface area contributed by atoms with E-state index in [1.807, 2.05) is 39.5 Å². The summed E-state index contributed by atoms with van der Waals surface area (Å²) in [6, 6.07) is 2.71. The Morgan fingerprint density at radius 2 is 1.92 bits per heavy atom. The summed E-state index contributed by atoms with van der Waals surface area (Å²) >= 11 is 0. The highest BCUT2D eigenvalue weighted by Crippen LogP contribution is 2.40. The molecule has 2 heterocycles. The summed E-state index contributed by atoms with van der Waals surface area (Å²) in [7, 11) is 0. The summed E-state index contributed by atoms with van der Waals surface area (Å²) in [5.41, 5.74) is 0.770. The number of ether oxygens (including phenoxy) is 2. The average Bonchev–Trinajstić information content (AvgIpc) is 3.48. The monoisotopic (exact) mass is 501 g/mol. The van der Waals surface area contributed by atoms with E-state index in [0.29, 0.717) is 35.2 Å². The Bertz CT molecular complexity index is 1240. The van der Waals surface area contributed by atoms with Crippen molar-refractivity contribution in [2.75, 3.05) is 24.6 Å². The summed E-state index contributed by atoms with van der Waals surface area (Å²) in [5, 5.41) is 3.42. The summed E-state index contributed by atoms with van der Waals surface area (Å²) in [5.74, 6) is -0.970. The van der Waals surface area contributed by atoms with Gasteiger partial charge in [-0.3, -0.25) is 4.79 Å². The zero-order chi connectivity index (χ0) is 26.4. The number of benzene rings is 1. The molecule has 1 aromatic heterocycles. The molecule has 0 unspecified atom stereocenters. The van der Waals surface area contributed by atoms with Crippen LogP contribution in [0.4, 0.5) is 14.9 Å². The predicted octanol–water partition coefficient (Wildman–Crippen LogP) is 4.70. The van der Waals surface area contributed by atoms with Crippen LogP contribution < -0.4 is 15.8 Å². The van der Waals surface area contributed by atoms with Crippen LogP contribution in [0, 0.1) is 18.7 Å². The molecule has 8 nitrogen and oxygen atoms in total. The van der Waals surface area contributed by atoms with Gasteiger partial charge in [-0.1, -0.05) is 0 Å². The molecule has 2 aliphatic rings. The normalized spacial score (nSPS) is 18.9. The number of nitrogens with zero attached hydrogens (tertiary/aromatic N) is 2. The fraction of sp³-hybridized carbons (Fsp3) is 0.593. The Labute approximate surface area is 210 Å². The molecule has 1 saturated heterocycles. The molecule has 0 bridgehead atoms. The van der Waals surface area contributed by atoms with E-state index in [-0.39, 0.29) is 30.2 Å². The van der Waals surface area contributed by atoms with Gasteiger partial charge in [-0.05, 0) is 84.4 Å². The molecule has 0 radical (unpaired) electrons. The van der Waals surface area contributed by atoms with Gasteiger partial charge in [-0.2, -0.15) is 0 Å². The van der Waals surface area contributed by atoms with Crippen molar-refractivity contribution < 1.29 is 23.5 Å². The van der Waals surface area contributed by atoms with Gasteiger partial charge in [0, 0.05) is 30.6 Å². The Kier molecular flexibility index (Phi) is 7.03. The van der Waals surface area contributed by atoms with Gasteiger partial charge in [0.05, 0.1) is 17.8 Å². The minimum atomic E-state index is -0.685. The second-order valence-corrected chi connectivity index (χ2v) is 10.9. The molecular weight excluding hydrogens is 465 g/mol. The van der Waals surface area contributed by atoms with E-state index in [2.05, 4.69) is 5.32 Å². The molecule has 1 aromatic carbocycles. The Morgan fingerprint density at radius 1 is 1.22 bits per heavy atom. The smallest absolute Gasteiger partial charge is 0.407 e. The number of hydrogen-bond acceptors (Lipinski definition) is 6. The summed E-state index contributed by atoms with van der Waals surface area (Å²) in [6.45, 7) is 12.2. The molecule has 9 heteroatoms. The molecule has 1 saturated carbocycles. The van der Waals surface area contributed by atoms with Crippen molar-refractivity contribution in [2.24, 2.45) is 5.92 Å². The molecule has 4 rings (SSSR count). The number of hydrogen-bond donors (Lipinski definition) is 1. The summed E-state index contributed by atoms with van der Waals surface area (Å²) in [6.07, 6.45) is 2.00. The Hall–Kier alpha value is -3.10. The fourth-order valence-corrected chi connectivity index (χ4v) is 5.09. The number of anilines is 1. The van der Waals surface area contributed by atoms with Gasteiger partial charge in [0.1, 0.15) is 17.0 Å². The molecule has 0 spiro atoms. The van der Waals surface area contributed by atoms with Crippen LogP contribution in [0.1, 0.15) is 75.8 Å². The quantitative estimate of drug-likeness (QED) is 0.577. The number of nitrogens with one attached hydrogen (secondary N) is 1. The second kappa shape index (κ2) is 9.75. The molecule has 196 valence electrons. The van der Waals surface area contributed by atoms with Crippen LogP contribution >= 0.6 is 0 Å². The SMILES string of the molecule is CCOC(=O)c1cc2cc(F)c(N3CC[C@@H]([C@H](C)NC(=O)OC(C)(C)C)C3)c(C)c2n(C2CC2)c1=O. The van der Waals surface area contributed by atoms with Crippen LogP contribution in [0.2, 0.25) is 0 Å². The maximum Gasteiger partial charge on any atom is 0.407 e. The number of aromatic nitrogens is 1. The van der Waals surface area contributed by atoms with Crippen molar-refractivity contribution in [1.29, 1.82) is 0 Å². The van der Waals surface area contributed by atoms with Gasteiger partial charge in [0.25, 0.3) is 5.56 Å². The number of alkyl carbamates (subject to hydrolysis) is 1. The van der Waals surface area contributed by atoms with Gasteiger partial charge in [0.2, 0.25) is 0 Å². The molecule has 1 amide bonds. The van der Waals surface area contributed by atoms with Crippen molar-refractivity contribution in [3.63, 3.8) is 0 Å². The topological polar surface area (TPSA) is 89.9 Å². The molecule has 1 aliphatic heterocycles. The van der Waals surface area contributed by atoms with E-state index >= 15 is 4.39 Å². The lowest BCUT2D eigenvalue weighted by Gasteiger charge is -2.27. The first-order valence-corrected chi connectivity index (χ1v) is 12.7. The van der Waals surface area contributed by atoms with Gasteiger partial charge in [-0.25, -0.2) is 14.0 Å². The molecule has 1 N–H and O–H groups in total. The van der Waals surface area contributed by atoms with Crippen molar-refractivity contribution in [1.82, 2.24) is 9.88 Å². The van der Waals surface area contributed by atoms with Gasteiger partial charge >= 0.3 is 12.1 Å². The first-order chi connectivity index (χ1) is 16.9. The molecule has 1 aliphatic carbocycles. The first kappa shape index (κ1) is 26.0. The standard InChI is InChI=1S/C27H36FN3O5/c1-7-35-25(33)20-12-18-13-21(28)23(15(2)22(18)31(24(20)32)19-8-9-19)30-11-10-17(14-30)16(3)29-26(34)36-27(4,5)6/h12-13,16-17,19H,7-11,14H2,1-6H3,(H,29,34)/t16-,17+/m0/s1. The van der Waals surface area contributed by atoms with Crippen LogP contribution in [-0.4, -0.2) is 48.0 Å². The van der Waals surface area contributed by atoms with E-state index in [9.17, 15) is 14.4 Å². The minimum absolute atomic E-state index is 0.00392. The van der Waals surface area contributed by atoms with Crippen LogP contribution in [0.25, 0.3) is 10.9 Å². The van der Waals surface area contributed by atoms with Crippen LogP contribution in [-0.2, 0) is 9.47 Å². The largest absolute Gasteiger partial charge is 0.462 e. The van der Waals surface area contributed by atoms with Crippen LogP contribution in [0.5, 0.6) is 0 Å². The molecule has 2 fully saturated rings. The number of esters is 1. The highest BCUT2D eigenvalue weighted by Gasteiger charge is 2.34. The number of carbonyl (C=O) groups excluding carboxylic acids is 2. The lowest BCUT2D eigenvalue weighted by atomic mass is 10.0. The minimum Gasteiger partial charge on any atom is -0.462 e. The highest BCUT2D eigenvalue weighted by molar-refractivity contribution is 5.96. The first-order valence-electron chi connectivity index (χ1n) is 12.7. The van der Waals surface area contributed by atoms with Gasteiger partial charge in [-0.15, -0.1) is 0 Å². The number of fused-ring (bicyclic) bond motifs is 1. The lowest BCUT2D eigenvalue weighted by Crippen LogP contribution is -2.42. The van der Waals surface area contributed by atoms with Crippen LogP contribution in [0.15, 0.2) is 16.9 Å². The lowest BCUT2D eigenvalue weighted by molar-refractivity contribution is 0.0491. The summed E-state index contributed by atoms with van der Waals surface area (Å²) in [4.78, 5) is 39.9. The Morgan fingerprint density at radius 3 is 2.53 bits per heavy atom. The third kappa shape index (κ3) is 5.20. The fourth-order valence-electron chi connectivity index (χ4n) is 5.09. The van der Waals surface area contributed by atoms with Crippen molar-refractivity contribution in [2.45, 2.75) is 78.5 Å². The number of rotatable bonds is 6. The number of aryl methyl sites for hydroxylation is 1. The van der Waals surface area contributed by atoms with E-state index in [4.69, 9.17) is 9.47 Å². The number of halogens is 1. The zero-order valence-corrected chi connectivity index (χ0v) is 21.9. The second-order valence-electron chi connectivity index (χ2n) is 10.9. The van der Waals surface area contributed by atoms with E-state index in [0.717, 1.165) is 19.3 Å². The van der Waals surface area contributed by atoms with Gasteiger partial charge in [0.15, 0.2) is 0 Å². The zero-order valence-electron chi connectivity index (χ0n) is 21.9. The highest BCUT2D eigenvalue weighted by atomic mass is 19.1. The average molecular weight is 502 g/mol. The Balaban J connectivity index is 1.65. The number of carbonyl (C=O) groups is 2. The molecule has 36 heavy (non-hydrogen) atoms. The third-order valence-electron chi connectivity index (χ3n) is 6.88. The van der Waals surface area contributed by atoms with Crippen molar-refractivity contribution in [3.05, 3.63) is 39.4 Å². The summed E-state index contributed by atoms with van der Waals surface area (Å²) < 4.78 is 27.6. The van der Waals surface area contributed by atoms with Crippen LogP contribution in [0.3, 0.4) is 0 Å². The van der Waals surface area contributed by atoms with E-state index in [1.54, 1.807) is 11.5 Å². The molecular formula is C27H36FN3O5. The van der Waals surface area contributed by atoms with E-state index < -0.39 is 29.0 Å². The van der Waals surface area contributed by atoms with Crippen molar-refractivity contribution >= 4 is 28.7 Å². The maximum atomic E-state index is 15.6. The maximum absolute atomic E-state index is 15.6. The molecule has 2 atom stereocenters. The van der Waals surface area contributed by atoms with E-state index in [1.165, 1.54) is 12.1 Å². The third-order valence-corrected chi connectivity index (χ3v) is 6.88. The molecule has 2 aromatic rings. The van der Waals surface area contributed by atoms with Gasteiger partial charge < -0.3 is 24.3 Å². The number of pyridine rings is 1. The predicted molar refractivity (Wildman–Crippen MR) is 136 cm³/mol. The van der Waals surface area contributed by atoms with Crippen molar-refractivity contribution in [3.8, 4) is 0 Å². The number of amides is 1.